The molecule has 1 amide bonds. The third kappa shape index (κ3) is 4.39. The van der Waals surface area contributed by atoms with Crippen LogP contribution in [0.3, 0.4) is 0 Å². The van der Waals surface area contributed by atoms with Crippen molar-refractivity contribution in [2.75, 3.05) is 28.4 Å². The maximum Gasteiger partial charge on any atom is 0.276 e. The van der Waals surface area contributed by atoms with E-state index >= 15 is 0 Å². The molecule has 0 unspecified atom stereocenters. The van der Waals surface area contributed by atoms with Crippen LogP contribution in [0, 0.1) is 0 Å². The summed E-state index contributed by atoms with van der Waals surface area (Å²) >= 11 is 6.35. The van der Waals surface area contributed by atoms with E-state index in [1.54, 1.807) is 58.8 Å². The Balaban J connectivity index is 1.80. The van der Waals surface area contributed by atoms with Crippen LogP contribution in [0.4, 0.5) is 0 Å². The van der Waals surface area contributed by atoms with Crippen LogP contribution in [0.5, 0.6) is 23.0 Å². The van der Waals surface area contributed by atoms with Gasteiger partial charge in [0.2, 0.25) is 0 Å². The van der Waals surface area contributed by atoms with E-state index in [-0.39, 0.29) is 11.9 Å². The number of benzene rings is 3. The summed E-state index contributed by atoms with van der Waals surface area (Å²) in [5, 5.41) is 6.58. The molecule has 0 aromatic heterocycles. The van der Waals surface area contributed by atoms with Crippen LogP contribution >= 0.6 is 11.6 Å². The Morgan fingerprint density at radius 3 is 2.29 bits per heavy atom. The standard InChI is InChI=1S/C26H25ClN2O5/c1-31-17-10-11-19(24(14-17)33-3)21-15-22(16-9-12-23(32-2)25(13-16)34-4)29(28-21)26(30)18-7-5-6-8-20(18)27/h5-14,22H,15H2,1-4H3/t22-/m0/s1. The van der Waals surface area contributed by atoms with Gasteiger partial charge in [0.25, 0.3) is 5.91 Å². The van der Waals surface area contributed by atoms with E-state index in [2.05, 4.69) is 0 Å². The van der Waals surface area contributed by atoms with Crippen molar-refractivity contribution >= 4 is 23.2 Å². The minimum Gasteiger partial charge on any atom is -0.497 e. The number of amides is 1. The first-order valence-electron chi connectivity index (χ1n) is 10.6. The Labute approximate surface area is 203 Å². The SMILES string of the molecule is COc1ccc(C2=NN(C(=O)c3ccccc3Cl)[C@H](c3ccc(OC)c(OC)c3)C2)c(OC)c1. The van der Waals surface area contributed by atoms with Gasteiger partial charge in [0.05, 0.1) is 50.8 Å². The van der Waals surface area contributed by atoms with Gasteiger partial charge in [-0.3, -0.25) is 4.79 Å². The quantitative estimate of drug-likeness (QED) is 0.455. The number of methoxy groups -OCH3 is 4. The zero-order chi connectivity index (χ0) is 24.2. The normalized spacial score (nSPS) is 15.0. The molecule has 0 N–H and O–H groups in total. The van der Waals surface area contributed by atoms with E-state index in [4.69, 9.17) is 35.6 Å². The van der Waals surface area contributed by atoms with Crippen molar-refractivity contribution < 1.29 is 23.7 Å². The highest BCUT2D eigenvalue weighted by atomic mass is 35.5. The van der Waals surface area contributed by atoms with Crippen LogP contribution in [-0.4, -0.2) is 45.1 Å². The highest BCUT2D eigenvalue weighted by Gasteiger charge is 2.35. The third-order valence-corrected chi connectivity index (χ3v) is 6.06. The van der Waals surface area contributed by atoms with Crippen LogP contribution in [0.25, 0.3) is 0 Å². The van der Waals surface area contributed by atoms with Gasteiger partial charge in [-0.15, -0.1) is 0 Å². The number of nitrogens with zero attached hydrogens (tertiary/aromatic N) is 2. The van der Waals surface area contributed by atoms with E-state index in [0.717, 1.165) is 11.1 Å². The number of hydrazone groups is 1. The predicted molar refractivity (Wildman–Crippen MR) is 131 cm³/mol. The highest BCUT2D eigenvalue weighted by Crippen LogP contribution is 2.40. The van der Waals surface area contributed by atoms with Gasteiger partial charge in [-0.05, 0) is 42.0 Å². The topological polar surface area (TPSA) is 69.6 Å². The molecule has 0 fully saturated rings. The van der Waals surface area contributed by atoms with E-state index in [1.807, 2.05) is 30.3 Å². The molecule has 0 saturated carbocycles. The summed E-state index contributed by atoms with van der Waals surface area (Å²) in [6.07, 6.45) is 0.467. The number of carbonyl (C=O) groups excluding carboxylic acids is 1. The van der Waals surface area contributed by atoms with Gasteiger partial charge in [-0.2, -0.15) is 5.10 Å². The molecule has 7 nitrogen and oxygen atoms in total. The summed E-state index contributed by atoms with van der Waals surface area (Å²) in [6.45, 7) is 0. The van der Waals surface area contributed by atoms with Crippen molar-refractivity contribution in [1.82, 2.24) is 5.01 Å². The van der Waals surface area contributed by atoms with E-state index in [9.17, 15) is 4.79 Å². The second kappa shape index (κ2) is 10.1. The average molecular weight is 481 g/mol. The van der Waals surface area contributed by atoms with E-state index in [0.29, 0.717) is 45.7 Å². The van der Waals surface area contributed by atoms with Crippen molar-refractivity contribution in [1.29, 1.82) is 0 Å². The summed E-state index contributed by atoms with van der Waals surface area (Å²) in [5.74, 6) is 2.15. The zero-order valence-electron chi connectivity index (χ0n) is 19.4. The van der Waals surface area contributed by atoms with Crippen LogP contribution in [0.1, 0.15) is 33.9 Å². The minimum atomic E-state index is -0.384. The Morgan fingerprint density at radius 1 is 0.882 bits per heavy atom. The molecular weight excluding hydrogens is 456 g/mol. The van der Waals surface area contributed by atoms with E-state index in [1.165, 1.54) is 5.01 Å². The van der Waals surface area contributed by atoms with Crippen molar-refractivity contribution in [3.05, 3.63) is 82.4 Å². The summed E-state index contributed by atoms with van der Waals surface area (Å²) < 4.78 is 21.8. The van der Waals surface area contributed by atoms with Crippen LogP contribution in [0.15, 0.2) is 65.8 Å². The number of rotatable bonds is 7. The molecule has 176 valence electrons. The average Bonchev–Trinajstić information content (AvgIpc) is 3.33. The highest BCUT2D eigenvalue weighted by molar-refractivity contribution is 6.33. The van der Waals surface area contributed by atoms with Crippen LogP contribution in [0.2, 0.25) is 5.02 Å². The van der Waals surface area contributed by atoms with Gasteiger partial charge in [0, 0.05) is 18.1 Å². The van der Waals surface area contributed by atoms with Crippen molar-refractivity contribution in [2.24, 2.45) is 5.10 Å². The van der Waals surface area contributed by atoms with Gasteiger partial charge in [-0.25, -0.2) is 5.01 Å². The molecule has 34 heavy (non-hydrogen) atoms. The van der Waals surface area contributed by atoms with Gasteiger partial charge >= 0.3 is 0 Å². The fraction of sp³-hybridized carbons (Fsp3) is 0.231. The third-order valence-electron chi connectivity index (χ3n) is 5.73. The lowest BCUT2D eigenvalue weighted by Gasteiger charge is -2.23. The molecule has 8 heteroatoms. The molecule has 1 aliphatic heterocycles. The molecule has 4 rings (SSSR count). The summed E-state index contributed by atoms with van der Waals surface area (Å²) in [6, 6.07) is 17.7. The largest absolute Gasteiger partial charge is 0.497 e. The molecular formula is C26H25ClN2O5. The number of halogens is 1. The second-order valence-corrected chi connectivity index (χ2v) is 7.98. The molecule has 0 aliphatic carbocycles. The number of carbonyl (C=O) groups is 1. The molecule has 0 saturated heterocycles. The Bertz CT molecular complexity index is 1240. The first-order chi connectivity index (χ1) is 16.5. The fourth-order valence-electron chi connectivity index (χ4n) is 3.98. The van der Waals surface area contributed by atoms with Crippen molar-refractivity contribution in [3.63, 3.8) is 0 Å². The van der Waals surface area contributed by atoms with Crippen molar-refractivity contribution in [2.45, 2.75) is 12.5 Å². The molecule has 1 atom stereocenters. The minimum absolute atomic E-state index is 0.298. The van der Waals surface area contributed by atoms with E-state index < -0.39 is 0 Å². The molecule has 0 spiro atoms. The lowest BCUT2D eigenvalue weighted by atomic mass is 9.97. The molecule has 3 aromatic rings. The lowest BCUT2D eigenvalue weighted by molar-refractivity contribution is 0.0711. The van der Waals surface area contributed by atoms with Crippen LogP contribution in [-0.2, 0) is 0 Å². The zero-order valence-corrected chi connectivity index (χ0v) is 20.1. The molecule has 1 aliphatic rings. The van der Waals surface area contributed by atoms with Crippen LogP contribution < -0.4 is 18.9 Å². The lowest BCUT2D eigenvalue weighted by Crippen LogP contribution is -2.27. The van der Waals surface area contributed by atoms with Gasteiger partial charge in [0.15, 0.2) is 11.5 Å². The van der Waals surface area contributed by atoms with Crippen molar-refractivity contribution in [3.8, 4) is 23.0 Å². The molecule has 0 bridgehead atoms. The van der Waals surface area contributed by atoms with Gasteiger partial charge < -0.3 is 18.9 Å². The molecule has 0 radical (unpaired) electrons. The summed E-state index contributed by atoms with van der Waals surface area (Å²) in [4.78, 5) is 13.6. The predicted octanol–water partition coefficient (Wildman–Crippen LogP) is 5.37. The molecule has 1 heterocycles. The first-order valence-corrected chi connectivity index (χ1v) is 11.0. The Morgan fingerprint density at radius 2 is 1.62 bits per heavy atom. The number of hydrogen-bond donors (Lipinski definition) is 0. The van der Waals surface area contributed by atoms with Gasteiger partial charge in [0.1, 0.15) is 11.5 Å². The number of ether oxygens (including phenoxy) is 4. The number of hydrogen-bond acceptors (Lipinski definition) is 6. The smallest absolute Gasteiger partial charge is 0.276 e. The Kier molecular flexibility index (Phi) is 6.93. The maximum absolute atomic E-state index is 13.6. The Hall–Kier alpha value is -3.71. The molecule has 3 aromatic carbocycles. The summed E-state index contributed by atoms with van der Waals surface area (Å²) in [5.41, 5.74) is 2.72. The second-order valence-electron chi connectivity index (χ2n) is 7.58. The van der Waals surface area contributed by atoms with Gasteiger partial charge in [-0.1, -0.05) is 29.8 Å². The first kappa shape index (κ1) is 23.4. The summed E-state index contributed by atoms with van der Waals surface area (Å²) in [7, 11) is 6.34. The monoisotopic (exact) mass is 480 g/mol. The fourth-order valence-corrected chi connectivity index (χ4v) is 4.19. The maximum atomic E-state index is 13.6.